The van der Waals surface area contributed by atoms with Gasteiger partial charge < -0.3 is 9.47 Å². The highest BCUT2D eigenvalue weighted by atomic mass is 16.5. The number of methoxy groups -OCH3 is 2. The van der Waals surface area contributed by atoms with E-state index in [-0.39, 0.29) is 5.97 Å². The predicted molar refractivity (Wildman–Crippen MR) is 82.3 cm³/mol. The molecule has 0 aromatic heterocycles. The third-order valence-electron chi connectivity index (χ3n) is 4.00. The van der Waals surface area contributed by atoms with Crippen LogP contribution >= 0.6 is 0 Å². The maximum Gasteiger partial charge on any atom is 0.333 e. The van der Waals surface area contributed by atoms with Gasteiger partial charge in [0, 0.05) is 18.2 Å². The van der Waals surface area contributed by atoms with Crippen LogP contribution in [0.2, 0.25) is 0 Å². The van der Waals surface area contributed by atoms with E-state index in [9.17, 15) is 4.79 Å². The monoisotopic (exact) mass is 289 g/mol. The fraction of sp³-hybridized carbons (Fsp3) is 0.471. The Morgan fingerprint density at radius 2 is 2.05 bits per heavy atom. The molecule has 0 radical (unpaired) electrons. The lowest BCUT2D eigenvalue weighted by Gasteiger charge is -2.23. The van der Waals surface area contributed by atoms with E-state index in [1.165, 1.54) is 19.1 Å². The van der Waals surface area contributed by atoms with Gasteiger partial charge in [-0.2, -0.15) is 0 Å². The molecule has 0 aliphatic carbocycles. The second kappa shape index (κ2) is 7.27. The van der Waals surface area contributed by atoms with Crippen molar-refractivity contribution in [1.29, 1.82) is 0 Å². The van der Waals surface area contributed by atoms with Crippen LogP contribution in [0.4, 0.5) is 0 Å². The molecule has 0 bridgehead atoms. The lowest BCUT2D eigenvalue weighted by Crippen LogP contribution is -2.24. The summed E-state index contributed by atoms with van der Waals surface area (Å²) in [4.78, 5) is 13.8. The minimum Gasteiger partial charge on any atom is -0.497 e. The quantitative estimate of drug-likeness (QED) is 0.617. The zero-order valence-electron chi connectivity index (χ0n) is 13.0. The van der Waals surface area contributed by atoms with E-state index >= 15 is 0 Å². The van der Waals surface area contributed by atoms with Crippen LogP contribution < -0.4 is 4.74 Å². The number of carbonyl (C=O) groups is 1. The van der Waals surface area contributed by atoms with Crippen molar-refractivity contribution in [2.24, 2.45) is 0 Å². The number of likely N-dealkylation sites (tertiary alicyclic amines) is 1. The van der Waals surface area contributed by atoms with Crippen LogP contribution in [0, 0.1) is 0 Å². The summed E-state index contributed by atoms with van der Waals surface area (Å²) in [6, 6.07) is 8.66. The Hall–Kier alpha value is -1.81. The van der Waals surface area contributed by atoms with Crippen molar-refractivity contribution in [3.05, 3.63) is 41.5 Å². The second-order valence-corrected chi connectivity index (χ2v) is 5.30. The van der Waals surface area contributed by atoms with Crippen LogP contribution in [0.1, 0.15) is 31.4 Å². The molecule has 1 aromatic carbocycles. The Morgan fingerprint density at radius 1 is 1.33 bits per heavy atom. The Bertz CT molecular complexity index is 507. The first-order chi connectivity index (χ1) is 10.2. The van der Waals surface area contributed by atoms with Crippen LogP contribution in [-0.2, 0) is 9.53 Å². The number of hydrogen-bond donors (Lipinski definition) is 0. The summed E-state index contributed by atoms with van der Waals surface area (Å²) in [7, 11) is 3.09. The molecule has 0 saturated carbocycles. The molecule has 4 heteroatoms. The zero-order chi connectivity index (χ0) is 15.2. The molecular formula is C17H23NO3. The molecule has 1 heterocycles. The average Bonchev–Trinajstić information content (AvgIpc) is 3.00. The van der Waals surface area contributed by atoms with Gasteiger partial charge in [0.25, 0.3) is 0 Å². The maximum absolute atomic E-state index is 11.4. The normalized spacial score (nSPS) is 19.6. The Balaban J connectivity index is 2.04. The number of hydrogen-bond acceptors (Lipinski definition) is 4. The molecule has 1 aromatic rings. The van der Waals surface area contributed by atoms with E-state index in [1.807, 2.05) is 18.2 Å². The van der Waals surface area contributed by atoms with Gasteiger partial charge >= 0.3 is 5.97 Å². The first kappa shape index (κ1) is 15.6. The van der Waals surface area contributed by atoms with Crippen molar-refractivity contribution in [1.82, 2.24) is 4.90 Å². The van der Waals surface area contributed by atoms with Gasteiger partial charge in [0.1, 0.15) is 5.75 Å². The molecule has 0 amide bonds. The van der Waals surface area contributed by atoms with E-state index < -0.39 is 0 Å². The molecule has 1 aliphatic heterocycles. The van der Waals surface area contributed by atoms with Gasteiger partial charge in [-0.05, 0) is 44.0 Å². The Labute approximate surface area is 126 Å². The van der Waals surface area contributed by atoms with Gasteiger partial charge in [0.2, 0.25) is 0 Å². The number of nitrogens with zero attached hydrogens (tertiary/aromatic N) is 1. The van der Waals surface area contributed by atoms with E-state index in [2.05, 4.69) is 17.0 Å². The third kappa shape index (κ3) is 3.85. The first-order valence-electron chi connectivity index (χ1n) is 7.28. The summed E-state index contributed by atoms with van der Waals surface area (Å²) in [6.45, 7) is 3.63. The molecule has 21 heavy (non-hydrogen) atoms. The van der Waals surface area contributed by atoms with Gasteiger partial charge in [0.05, 0.1) is 14.2 Å². The molecule has 1 fully saturated rings. The SMILES string of the molecule is COC(=O)/C(C)=C/CN1CCCC1c1ccc(OC)cc1. The van der Waals surface area contributed by atoms with Crippen molar-refractivity contribution in [2.75, 3.05) is 27.3 Å². The fourth-order valence-electron chi connectivity index (χ4n) is 2.75. The minimum absolute atomic E-state index is 0.254. The summed E-state index contributed by atoms with van der Waals surface area (Å²) >= 11 is 0. The maximum atomic E-state index is 11.4. The van der Waals surface area contributed by atoms with Crippen LogP contribution in [0.15, 0.2) is 35.9 Å². The van der Waals surface area contributed by atoms with Crippen molar-refractivity contribution in [3.8, 4) is 5.75 Å². The molecule has 4 nitrogen and oxygen atoms in total. The lowest BCUT2D eigenvalue weighted by molar-refractivity contribution is -0.136. The Kier molecular flexibility index (Phi) is 5.39. The highest BCUT2D eigenvalue weighted by Gasteiger charge is 2.25. The largest absolute Gasteiger partial charge is 0.497 e. The summed E-state index contributed by atoms with van der Waals surface area (Å²) in [6.07, 6.45) is 4.28. The molecule has 1 atom stereocenters. The number of benzene rings is 1. The van der Waals surface area contributed by atoms with Crippen LogP contribution in [0.5, 0.6) is 5.75 Å². The molecule has 1 saturated heterocycles. The molecule has 1 aliphatic rings. The standard InChI is InChI=1S/C17H23NO3/c1-13(17(19)21-3)10-12-18-11-4-5-16(18)14-6-8-15(20-2)9-7-14/h6-10,16H,4-5,11-12H2,1-3H3/b13-10+. The van der Waals surface area contributed by atoms with Gasteiger partial charge in [-0.1, -0.05) is 18.2 Å². The molecule has 1 unspecified atom stereocenters. The fourth-order valence-corrected chi connectivity index (χ4v) is 2.75. The summed E-state index contributed by atoms with van der Waals surface area (Å²) in [5.41, 5.74) is 1.97. The highest BCUT2D eigenvalue weighted by molar-refractivity contribution is 5.87. The van der Waals surface area contributed by atoms with Crippen LogP contribution in [0.3, 0.4) is 0 Å². The van der Waals surface area contributed by atoms with Crippen molar-refractivity contribution < 1.29 is 14.3 Å². The lowest BCUT2D eigenvalue weighted by atomic mass is 10.0. The highest BCUT2D eigenvalue weighted by Crippen LogP contribution is 2.32. The molecular weight excluding hydrogens is 266 g/mol. The van der Waals surface area contributed by atoms with Crippen LogP contribution in [-0.4, -0.2) is 38.2 Å². The van der Waals surface area contributed by atoms with Gasteiger partial charge in [0.15, 0.2) is 0 Å². The van der Waals surface area contributed by atoms with Gasteiger partial charge in [-0.15, -0.1) is 0 Å². The molecule has 114 valence electrons. The molecule has 2 rings (SSSR count). The first-order valence-corrected chi connectivity index (χ1v) is 7.28. The van der Waals surface area contributed by atoms with Crippen LogP contribution in [0.25, 0.3) is 0 Å². The topological polar surface area (TPSA) is 38.8 Å². The molecule has 0 spiro atoms. The summed E-state index contributed by atoms with van der Waals surface area (Å²) in [5.74, 6) is 0.625. The predicted octanol–water partition coefficient (Wildman–Crippen LogP) is 2.95. The van der Waals surface area contributed by atoms with Crippen molar-refractivity contribution >= 4 is 5.97 Å². The average molecular weight is 289 g/mol. The number of carbonyl (C=O) groups excluding carboxylic acids is 1. The smallest absolute Gasteiger partial charge is 0.333 e. The summed E-state index contributed by atoms with van der Waals surface area (Å²) < 4.78 is 9.93. The van der Waals surface area contributed by atoms with E-state index in [0.29, 0.717) is 11.6 Å². The van der Waals surface area contributed by atoms with E-state index in [1.54, 1.807) is 14.0 Å². The molecule has 0 N–H and O–H groups in total. The third-order valence-corrected chi connectivity index (χ3v) is 4.00. The van der Waals surface area contributed by atoms with Gasteiger partial charge in [-0.3, -0.25) is 4.90 Å². The minimum atomic E-state index is -0.254. The van der Waals surface area contributed by atoms with E-state index in [4.69, 9.17) is 9.47 Å². The van der Waals surface area contributed by atoms with E-state index in [0.717, 1.165) is 25.3 Å². The Morgan fingerprint density at radius 3 is 2.67 bits per heavy atom. The second-order valence-electron chi connectivity index (χ2n) is 5.30. The summed E-state index contributed by atoms with van der Waals surface area (Å²) in [5, 5.41) is 0. The van der Waals surface area contributed by atoms with Crippen molar-refractivity contribution in [3.63, 3.8) is 0 Å². The number of esters is 1. The number of rotatable bonds is 5. The zero-order valence-corrected chi connectivity index (χ0v) is 13.0. The van der Waals surface area contributed by atoms with Crippen molar-refractivity contribution in [2.45, 2.75) is 25.8 Å². The number of ether oxygens (including phenoxy) is 2. The van der Waals surface area contributed by atoms with Gasteiger partial charge in [-0.25, -0.2) is 4.79 Å².